The SMILES string of the molecule is CC(C)(C)OC(=O)NCC(OCc1ccccc1)C(=O)Nc1ccc(CC(C)(C)c2cnn(C(=O)OC(C)(C)C)c2)cc1. The number of amides is 2. The van der Waals surface area contributed by atoms with Crippen molar-refractivity contribution in [3.05, 3.63) is 83.7 Å². The highest BCUT2D eigenvalue weighted by atomic mass is 16.6. The molecule has 1 atom stereocenters. The summed E-state index contributed by atoms with van der Waals surface area (Å²) in [5, 5.41) is 9.71. The van der Waals surface area contributed by atoms with E-state index in [0.717, 1.165) is 16.7 Å². The number of hydrogen-bond donors (Lipinski definition) is 2. The first kappa shape index (κ1) is 33.3. The third kappa shape index (κ3) is 11.2. The molecule has 2 N–H and O–H groups in total. The minimum atomic E-state index is -0.951. The summed E-state index contributed by atoms with van der Waals surface area (Å²) < 4.78 is 17.8. The molecule has 0 spiro atoms. The van der Waals surface area contributed by atoms with Crippen LogP contribution in [0.4, 0.5) is 15.3 Å². The van der Waals surface area contributed by atoms with Crippen molar-refractivity contribution in [2.24, 2.45) is 0 Å². The van der Waals surface area contributed by atoms with Gasteiger partial charge in [-0.2, -0.15) is 9.78 Å². The number of nitrogens with one attached hydrogen (secondary N) is 2. The maximum absolute atomic E-state index is 13.2. The van der Waals surface area contributed by atoms with Gasteiger partial charge in [-0.05, 0) is 82.2 Å². The third-order valence-electron chi connectivity index (χ3n) is 6.23. The number of ether oxygens (including phenoxy) is 3. The number of aromatic nitrogens is 2. The molecule has 0 radical (unpaired) electrons. The predicted octanol–water partition coefficient (Wildman–Crippen LogP) is 6.24. The smallest absolute Gasteiger partial charge is 0.435 e. The van der Waals surface area contributed by atoms with Gasteiger partial charge < -0.3 is 24.8 Å². The van der Waals surface area contributed by atoms with Crippen molar-refractivity contribution in [3.63, 3.8) is 0 Å². The van der Waals surface area contributed by atoms with Crippen LogP contribution < -0.4 is 10.6 Å². The molecule has 0 aliphatic rings. The van der Waals surface area contributed by atoms with Gasteiger partial charge in [0.05, 0.1) is 19.3 Å². The molecular weight excluding hydrogens is 548 g/mol. The van der Waals surface area contributed by atoms with Crippen LogP contribution in [-0.2, 0) is 37.4 Å². The fourth-order valence-corrected chi connectivity index (χ4v) is 4.11. The summed E-state index contributed by atoms with van der Waals surface area (Å²) in [6.07, 6.45) is 1.94. The summed E-state index contributed by atoms with van der Waals surface area (Å²) in [5.74, 6) is -0.394. The molecule has 43 heavy (non-hydrogen) atoms. The second-order valence-corrected chi connectivity index (χ2v) is 13.1. The summed E-state index contributed by atoms with van der Waals surface area (Å²) in [6, 6.07) is 17.0. The van der Waals surface area contributed by atoms with Crippen LogP contribution in [0, 0.1) is 0 Å². The van der Waals surface area contributed by atoms with Gasteiger partial charge in [-0.25, -0.2) is 9.59 Å². The van der Waals surface area contributed by atoms with Crippen molar-refractivity contribution in [3.8, 4) is 0 Å². The highest BCUT2D eigenvalue weighted by molar-refractivity contribution is 5.94. The van der Waals surface area contributed by atoms with Crippen molar-refractivity contribution in [1.29, 1.82) is 0 Å². The van der Waals surface area contributed by atoms with Gasteiger partial charge in [-0.3, -0.25) is 4.79 Å². The number of rotatable bonds is 10. The van der Waals surface area contributed by atoms with E-state index in [-0.39, 0.29) is 18.6 Å². The zero-order valence-electron chi connectivity index (χ0n) is 26.4. The molecule has 1 unspecified atom stereocenters. The van der Waals surface area contributed by atoms with Gasteiger partial charge in [0, 0.05) is 11.9 Å². The van der Waals surface area contributed by atoms with Gasteiger partial charge in [-0.1, -0.05) is 56.3 Å². The van der Waals surface area contributed by atoms with Gasteiger partial charge in [-0.15, -0.1) is 0 Å². The fraction of sp³-hybridized carbons (Fsp3) is 0.455. The average Bonchev–Trinajstić information content (AvgIpc) is 3.40. The largest absolute Gasteiger partial charge is 0.444 e. The maximum atomic E-state index is 13.2. The van der Waals surface area contributed by atoms with Crippen LogP contribution in [0.15, 0.2) is 67.0 Å². The standard InChI is InChI=1S/C33H44N4O6/c1-31(2,3)42-29(39)34-20-27(41-22-24-12-10-9-11-13-24)28(38)36-26-16-14-23(15-17-26)18-33(7,8)25-19-35-37(21-25)30(40)43-32(4,5)6/h9-17,19,21,27H,18,20,22H2,1-8H3,(H,34,39)(H,36,38). The van der Waals surface area contributed by atoms with Crippen LogP contribution in [0.5, 0.6) is 0 Å². The van der Waals surface area contributed by atoms with E-state index in [2.05, 4.69) is 29.6 Å². The monoisotopic (exact) mass is 592 g/mol. The lowest BCUT2D eigenvalue weighted by Crippen LogP contribution is -2.43. The van der Waals surface area contributed by atoms with E-state index < -0.39 is 35.4 Å². The molecule has 0 aliphatic heterocycles. The normalized spacial score (nSPS) is 12.7. The molecule has 0 aliphatic carbocycles. The number of carbonyl (C=O) groups excluding carboxylic acids is 3. The number of alkyl carbamates (subject to hydrolysis) is 1. The van der Waals surface area contributed by atoms with Crippen LogP contribution in [0.3, 0.4) is 0 Å². The Morgan fingerprint density at radius 3 is 2.07 bits per heavy atom. The number of benzene rings is 2. The molecule has 10 nitrogen and oxygen atoms in total. The van der Waals surface area contributed by atoms with E-state index >= 15 is 0 Å². The summed E-state index contributed by atoms with van der Waals surface area (Å²) in [5.41, 5.74) is 1.83. The van der Waals surface area contributed by atoms with E-state index in [0.29, 0.717) is 12.1 Å². The van der Waals surface area contributed by atoms with Crippen LogP contribution in [0.2, 0.25) is 0 Å². The van der Waals surface area contributed by atoms with Crippen molar-refractivity contribution in [1.82, 2.24) is 15.1 Å². The minimum Gasteiger partial charge on any atom is -0.444 e. The molecule has 1 heterocycles. The maximum Gasteiger partial charge on any atom is 0.435 e. The third-order valence-corrected chi connectivity index (χ3v) is 6.23. The molecule has 0 saturated carbocycles. The summed E-state index contributed by atoms with van der Waals surface area (Å²) in [6.45, 7) is 15.0. The molecular formula is C33H44N4O6. The Balaban J connectivity index is 1.63. The van der Waals surface area contributed by atoms with Crippen LogP contribution in [-0.4, -0.2) is 51.7 Å². The quantitative estimate of drug-likeness (QED) is 0.286. The molecule has 3 aromatic rings. The topological polar surface area (TPSA) is 121 Å². The molecule has 0 fully saturated rings. The molecule has 2 amide bonds. The Labute approximate surface area is 254 Å². The Kier molecular flexibility index (Phi) is 10.7. The van der Waals surface area contributed by atoms with Crippen molar-refractivity contribution in [2.75, 3.05) is 11.9 Å². The van der Waals surface area contributed by atoms with Crippen LogP contribution >= 0.6 is 0 Å². The first-order valence-corrected chi connectivity index (χ1v) is 14.3. The molecule has 232 valence electrons. The zero-order valence-corrected chi connectivity index (χ0v) is 26.4. The number of hydrogen-bond acceptors (Lipinski definition) is 7. The second kappa shape index (κ2) is 13.9. The molecule has 3 rings (SSSR count). The highest BCUT2D eigenvalue weighted by Gasteiger charge is 2.26. The van der Waals surface area contributed by atoms with Gasteiger partial charge in [0.2, 0.25) is 0 Å². The second-order valence-electron chi connectivity index (χ2n) is 13.1. The first-order valence-electron chi connectivity index (χ1n) is 14.3. The summed E-state index contributed by atoms with van der Waals surface area (Å²) in [4.78, 5) is 37.8. The van der Waals surface area contributed by atoms with E-state index in [1.165, 1.54) is 4.68 Å². The Morgan fingerprint density at radius 1 is 0.837 bits per heavy atom. The van der Waals surface area contributed by atoms with Gasteiger partial charge in [0.15, 0.2) is 6.10 Å². The molecule has 0 bridgehead atoms. The Hall–Kier alpha value is -4.18. The fourth-order valence-electron chi connectivity index (χ4n) is 4.11. The van der Waals surface area contributed by atoms with Gasteiger partial charge in [0.1, 0.15) is 11.2 Å². The lowest BCUT2D eigenvalue weighted by Gasteiger charge is -2.24. The van der Waals surface area contributed by atoms with Crippen LogP contribution in [0.25, 0.3) is 0 Å². The summed E-state index contributed by atoms with van der Waals surface area (Å²) >= 11 is 0. The summed E-state index contributed by atoms with van der Waals surface area (Å²) in [7, 11) is 0. The molecule has 2 aromatic carbocycles. The average molecular weight is 593 g/mol. The zero-order chi connectivity index (χ0) is 31.8. The van der Waals surface area contributed by atoms with E-state index in [1.807, 2.05) is 75.4 Å². The van der Waals surface area contributed by atoms with Gasteiger partial charge in [0.25, 0.3) is 5.91 Å². The first-order chi connectivity index (χ1) is 20.0. The van der Waals surface area contributed by atoms with E-state index in [9.17, 15) is 14.4 Å². The van der Waals surface area contributed by atoms with E-state index in [1.54, 1.807) is 33.2 Å². The van der Waals surface area contributed by atoms with E-state index in [4.69, 9.17) is 14.2 Å². The predicted molar refractivity (Wildman–Crippen MR) is 165 cm³/mol. The Bertz CT molecular complexity index is 1370. The van der Waals surface area contributed by atoms with Crippen molar-refractivity contribution < 1.29 is 28.6 Å². The number of nitrogens with zero attached hydrogens (tertiary/aromatic N) is 2. The minimum absolute atomic E-state index is 0.0587. The number of anilines is 1. The number of carbonyl (C=O) groups is 3. The molecule has 10 heteroatoms. The molecule has 1 aromatic heterocycles. The highest BCUT2D eigenvalue weighted by Crippen LogP contribution is 2.28. The van der Waals surface area contributed by atoms with Crippen molar-refractivity contribution in [2.45, 2.75) is 91.1 Å². The lowest BCUT2D eigenvalue weighted by atomic mass is 9.81. The van der Waals surface area contributed by atoms with Crippen LogP contribution in [0.1, 0.15) is 72.1 Å². The molecule has 0 saturated heterocycles. The lowest BCUT2D eigenvalue weighted by molar-refractivity contribution is -0.127. The Morgan fingerprint density at radius 2 is 1.47 bits per heavy atom. The van der Waals surface area contributed by atoms with Crippen molar-refractivity contribution >= 4 is 23.8 Å². The van der Waals surface area contributed by atoms with Gasteiger partial charge >= 0.3 is 12.2 Å².